The summed E-state index contributed by atoms with van der Waals surface area (Å²) in [4.78, 5) is 21.4. The molecule has 0 rings (SSSR count). The van der Waals surface area contributed by atoms with Crippen molar-refractivity contribution in [3.8, 4) is 0 Å². The van der Waals surface area contributed by atoms with Crippen LogP contribution in [-0.2, 0) is 9.59 Å². The molecular formula is C10H16BrCl5N2O2. The van der Waals surface area contributed by atoms with Gasteiger partial charge in [-0.2, -0.15) is 0 Å². The summed E-state index contributed by atoms with van der Waals surface area (Å²) in [7, 11) is 0. The van der Waals surface area contributed by atoms with Crippen LogP contribution in [0.4, 0.5) is 0 Å². The predicted molar refractivity (Wildman–Crippen MR) is 90.6 cm³/mol. The molecule has 0 saturated carbocycles. The summed E-state index contributed by atoms with van der Waals surface area (Å²) in [6, 6.07) is 0. The Morgan fingerprint density at radius 3 is 1.00 bits per heavy atom. The molecule has 0 aliphatic carbocycles. The molecule has 2 amide bonds. The number of amides is 2. The van der Waals surface area contributed by atoms with Crippen molar-refractivity contribution in [3.05, 3.63) is 0 Å². The first kappa shape index (κ1) is 23.1. The lowest BCUT2D eigenvalue weighted by Gasteiger charge is -2.21. The third-order valence-electron chi connectivity index (χ3n) is 2.58. The summed E-state index contributed by atoms with van der Waals surface area (Å²) in [5.74, 6) is -0.518. The lowest BCUT2D eigenvalue weighted by molar-refractivity contribution is -0.125. The number of rotatable bonds is 8. The second-order valence-electron chi connectivity index (χ2n) is 4.09. The van der Waals surface area contributed by atoms with E-state index in [-0.39, 0.29) is 29.4 Å². The lowest BCUT2D eigenvalue weighted by Crippen LogP contribution is -2.42. The van der Waals surface area contributed by atoms with E-state index in [4.69, 9.17) is 69.5 Å². The Labute approximate surface area is 151 Å². The summed E-state index contributed by atoms with van der Waals surface area (Å²) < 4.78 is 0. The molecule has 0 bridgehead atoms. The van der Waals surface area contributed by atoms with Crippen molar-refractivity contribution in [1.29, 1.82) is 0 Å². The third-order valence-corrected chi connectivity index (χ3v) is 6.21. The molecule has 0 aliphatic rings. The third kappa shape index (κ3) is 6.32. The predicted octanol–water partition coefficient (Wildman–Crippen LogP) is 2.51. The summed E-state index contributed by atoms with van der Waals surface area (Å²) in [5.41, 5.74) is 8.35. The maximum absolute atomic E-state index is 10.7. The van der Waals surface area contributed by atoms with Gasteiger partial charge in [-0.05, 0) is 0 Å². The van der Waals surface area contributed by atoms with Gasteiger partial charge in [0.15, 0.2) is 0 Å². The van der Waals surface area contributed by atoms with E-state index in [1.165, 1.54) is 0 Å². The Morgan fingerprint density at radius 1 is 0.750 bits per heavy atom. The van der Waals surface area contributed by atoms with Crippen molar-refractivity contribution in [3.63, 3.8) is 0 Å². The first-order valence-electron chi connectivity index (χ1n) is 5.21. The molecule has 0 saturated heterocycles. The molecule has 0 atom stereocenters. The number of alkyl halides is 6. The fourth-order valence-electron chi connectivity index (χ4n) is 0.609. The van der Waals surface area contributed by atoms with Gasteiger partial charge in [-0.15, -0.1) is 58.0 Å². The first-order valence-corrected chi connectivity index (χ1v) is 9.00. The zero-order valence-corrected chi connectivity index (χ0v) is 15.8. The Kier molecular flexibility index (Phi) is 13.2. The van der Waals surface area contributed by atoms with Gasteiger partial charge < -0.3 is 11.5 Å². The summed E-state index contributed by atoms with van der Waals surface area (Å²) in [6.07, 6.45) is 0. The molecule has 0 heterocycles. The van der Waals surface area contributed by atoms with Crippen LogP contribution in [0.3, 0.4) is 0 Å². The maximum atomic E-state index is 10.7. The van der Waals surface area contributed by atoms with Gasteiger partial charge in [0, 0.05) is 34.7 Å². The van der Waals surface area contributed by atoms with Crippen molar-refractivity contribution in [2.45, 2.75) is 0 Å². The molecule has 120 valence electrons. The van der Waals surface area contributed by atoms with Crippen LogP contribution >= 0.6 is 73.9 Å². The lowest BCUT2D eigenvalue weighted by atomic mass is 9.95. The smallest absolute Gasteiger partial charge is 0.227 e. The highest BCUT2D eigenvalue weighted by Gasteiger charge is 2.34. The van der Waals surface area contributed by atoms with Crippen LogP contribution in [0, 0.1) is 10.8 Å². The molecule has 20 heavy (non-hydrogen) atoms. The fraction of sp³-hybridized carbons (Fsp3) is 0.800. The van der Waals surface area contributed by atoms with Crippen LogP contribution in [0.2, 0.25) is 0 Å². The van der Waals surface area contributed by atoms with Crippen LogP contribution in [0.5, 0.6) is 0 Å². The number of primary amides is 2. The normalized spacial score (nSPS) is 11.5. The highest BCUT2D eigenvalue weighted by atomic mass is 79.9. The van der Waals surface area contributed by atoms with E-state index in [9.17, 15) is 9.59 Å². The molecule has 4 nitrogen and oxygen atoms in total. The number of carbonyl (C=O) groups excluding carboxylic acids is 2. The number of hydrogen-bond acceptors (Lipinski definition) is 2. The van der Waals surface area contributed by atoms with E-state index in [0.29, 0.717) is 5.33 Å². The molecule has 10 heteroatoms. The SMILES string of the molecule is NC(=O)C(CCl)(CCl)CBr.NC(=O)C(CCl)(CCl)CCl. The van der Waals surface area contributed by atoms with Crippen molar-refractivity contribution >= 4 is 85.7 Å². The van der Waals surface area contributed by atoms with Gasteiger partial charge in [0.1, 0.15) is 0 Å². The molecule has 0 aromatic heterocycles. The number of carbonyl (C=O) groups is 2. The highest BCUT2D eigenvalue weighted by Crippen LogP contribution is 2.23. The fourth-order valence-corrected chi connectivity index (χ4v) is 3.73. The van der Waals surface area contributed by atoms with Crippen molar-refractivity contribution in [2.24, 2.45) is 22.3 Å². The zero-order valence-electron chi connectivity index (χ0n) is 10.5. The largest absolute Gasteiger partial charge is 0.369 e. The Balaban J connectivity index is 0. The van der Waals surface area contributed by atoms with Crippen LogP contribution in [0.1, 0.15) is 0 Å². The molecular weight excluding hydrogens is 437 g/mol. The number of hydrogen-bond donors (Lipinski definition) is 2. The Morgan fingerprint density at radius 2 is 1.00 bits per heavy atom. The van der Waals surface area contributed by atoms with Crippen molar-refractivity contribution in [1.82, 2.24) is 0 Å². The minimum atomic E-state index is -0.940. The molecule has 0 fully saturated rings. The highest BCUT2D eigenvalue weighted by molar-refractivity contribution is 9.09. The van der Waals surface area contributed by atoms with E-state index in [0.717, 1.165) is 0 Å². The summed E-state index contributed by atoms with van der Waals surface area (Å²) in [5, 5.41) is 0.405. The van der Waals surface area contributed by atoms with Crippen molar-refractivity contribution < 1.29 is 9.59 Å². The molecule has 0 aromatic rings. The van der Waals surface area contributed by atoms with Crippen LogP contribution < -0.4 is 11.5 Å². The Hall–Kier alpha value is 0.870. The van der Waals surface area contributed by atoms with E-state index >= 15 is 0 Å². The van der Waals surface area contributed by atoms with Crippen LogP contribution in [-0.4, -0.2) is 46.5 Å². The number of nitrogens with two attached hydrogens (primary N) is 2. The molecule has 0 aromatic carbocycles. The number of halogens is 6. The van der Waals surface area contributed by atoms with Gasteiger partial charge in [0.2, 0.25) is 11.8 Å². The van der Waals surface area contributed by atoms with Crippen LogP contribution in [0.15, 0.2) is 0 Å². The molecule has 0 unspecified atom stereocenters. The quantitative estimate of drug-likeness (QED) is 0.554. The van der Waals surface area contributed by atoms with E-state index in [2.05, 4.69) is 15.9 Å². The molecule has 0 radical (unpaired) electrons. The average molecular weight is 453 g/mol. The monoisotopic (exact) mass is 450 g/mol. The topological polar surface area (TPSA) is 86.2 Å². The van der Waals surface area contributed by atoms with Gasteiger partial charge in [-0.3, -0.25) is 9.59 Å². The zero-order chi connectivity index (χ0) is 16.4. The van der Waals surface area contributed by atoms with E-state index in [1.807, 2.05) is 0 Å². The Bertz CT molecular complexity index is 265. The minimum absolute atomic E-state index is 0.0648. The van der Waals surface area contributed by atoms with Gasteiger partial charge >= 0.3 is 0 Å². The summed E-state index contributed by atoms with van der Waals surface area (Å²) >= 11 is 30.5. The van der Waals surface area contributed by atoms with Gasteiger partial charge in [-0.1, -0.05) is 15.9 Å². The second kappa shape index (κ2) is 11.4. The van der Waals surface area contributed by atoms with Crippen LogP contribution in [0.25, 0.3) is 0 Å². The maximum Gasteiger partial charge on any atom is 0.227 e. The van der Waals surface area contributed by atoms with Gasteiger partial charge in [-0.25, -0.2) is 0 Å². The summed E-state index contributed by atoms with van der Waals surface area (Å²) in [6.45, 7) is 0. The molecule has 0 aliphatic heterocycles. The first-order chi connectivity index (χ1) is 9.25. The van der Waals surface area contributed by atoms with Crippen molar-refractivity contribution in [2.75, 3.05) is 34.7 Å². The van der Waals surface area contributed by atoms with Gasteiger partial charge in [0.05, 0.1) is 10.8 Å². The standard InChI is InChI=1S/C5H8BrCl2NO.C5H8Cl3NO/c2*6-1-5(2-7,3-8)4(9)10/h2*1-3H2,(H2,9,10). The minimum Gasteiger partial charge on any atom is -0.369 e. The van der Waals surface area contributed by atoms with Gasteiger partial charge in [0.25, 0.3) is 0 Å². The molecule has 0 spiro atoms. The van der Waals surface area contributed by atoms with E-state index in [1.54, 1.807) is 0 Å². The second-order valence-corrected chi connectivity index (χ2v) is 5.99. The molecule has 4 N–H and O–H groups in total. The van der Waals surface area contributed by atoms with E-state index < -0.39 is 22.6 Å². The average Bonchev–Trinajstić information content (AvgIpc) is 2.44.